The lowest BCUT2D eigenvalue weighted by atomic mass is 9.43. The van der Waals surface area contributed by atoms with Gasteiger partial charge in [-0.15, -0.1) is 0 Å². The molecule has 33 heavy (non-hydrogen) atoms. The molecule has 0 radical (unpaired) electrons. The molecule has 10 unspecified atom stereocenters. The highest BCUT2D eigenvalue weighted by Crippen LogP contribution is 2.68. The largest absolute Gasteiger partial charge is 0.393 e. The molecule has 4 aliphatic rings. The van der Waals surface area contributed by atoms with Crippen molar-refractivity contribution in [2.75, 3.05) is 0 Å². The average Bonchev–Trinajstić information content (AvgIpc) is 3.37. The van der Waals surface area contributed by atoms with Gasteiger partial charge < -0.3 is 5.11 Å². The maximum absolute atomic E-state index is 11.8. The molecule has 0 amide bonds. The molecule has 4 saturated carbocycles. The molecule has 1 N–H and O–H groups in total. The minimum Gasteiger partial charge on any atom is -0.393 e. The van der Waals surface area contributed by atoms with Crippen molar-refractivity contribution >= 4 is 0 Å². The van der Waals surface area contributed by atoms with Crippen molar-refractivity contribution in [3.63, 3.8) is 0 Å². The summed E-state index contributed by atoms with van der Waals surface area (Å²) in [5.41, 5.74) is 1.22. The summed E-state index contributed by atoms with van der Waals surface area (Å²) in [7, 11) is 0. The lowest BCUT2D eigenvalue weighted by Crippen LogP contribution is -2.59. The number of aliphatic hydroxyl groups is 1. The number of aliphatic hydroxyl groups excluding tert-OH is 1. The van der Waals surface area contributed by atoms with Gasteiger partial charge in [0.25, 0.3) is 0 Å². The van der Waals surface area contributed by atoms with Crippen molar-refractivity contribution in [2.45, 2.75) is 105 Å². The van der Waals surface area contributed by atoms with Gasteiger partial charge in [0.1, 0.15) is 6.07 Å². The summed E-state index contributed by atoms with van der Waals surface area (Å²) >= 11 is 0. The molecule has 1 heterocycles. The highest BCUT2D eigenvalue weighted by atomic mass is 16.3. The van der Waals surface area contributed by atoms with E-state index in [2.05, 4.69) is 38.9 Å². The van der Waals surface area contributed by atoms with Gasteiger partial charge in [-0.1, -0.05) is 40.5 Å². The minimum atomic E-state index is -0.144. The van der Waals surface area contributed by atoms with Crippen molar-refractivity contribution in [3.8, 4) is 6.07 Å². The summed E-state index contributed by atoms with van der Waals surface area (Å²) in [5.74, 6) is 4.86. The van der Waals surface area contributed by atoms with Gasteiger partial charge in [-0.2, -0.15) is 10.4 Å². The van der Waals surface area contributed by atoms with Crippen LogP contribution in [0.25, 0.3) is 0 Å². The van der Waals surface area contributed by atoms with E-state index in [9.17, 15) is 5.11 Å². The topological polar surface area (TPSA) is 61.8 Å². The van der Waals surface area contributed by atoms with Gasteiger partial charge in [0.05, 0.1) is 17.9 Å². The summed E-state index contributed by atoms with van der Waals surface area (Å²) in [4.78, 5) is 0. The van der Waals surface area contributed by atoms with E-state index in [-0.39, 0.29) is 11.5 Å². The number of nitriles is 1. The average molecular weight is 452 g/mol. The molecule has 10 atom stereocenters. The van der Waals surface area contributed by atoms with Gasteiger partial charge in [0.2, 0.25) is 0 Å². The standard InChI is InChI=1S/C29H45N3O/c1-5-6-20-11-12-28(3)22(13-20)7-8-23-25-10-9-24(29(25,4)14-26(33)27(23)28)19(2)17-32-18-21(15-30)16-31-32/h16,18-20,22-27,33H,5-14,17H2,1-4H3. The summed E-state index contributed by atoms with van der Waals surface area (Å²) in [6.45, 7) is 10.7. The SMILES string of the molecule is CCCC1CCC2(C)C(CCC3C4CCC(C(C)Cn5cc(C#N)cn5)C4(C)CC(O)C32)C1. The van der Waals surface area contributed by atoms with E-state index in [4.69, 9.17) is 5.26 Å². The monoisotopic (exact) mass is 451 g/mol. The molecule has 0 spiro atoms. The van der Waals surface area contributed by atoms with Crippen molar-refractivity contribution in [3.05, 3.63) is 18.0 Å². The van der Waals surface area contributed by atoms with Gasteiger partial charge in [-0.3, -0.25) is 4.68 Å². The first-order valence-electron chi connectivity index (χ1n) is 13.9. The maximum atomic E-state index is 11.8. The van der Waals surface area contributed by atoms with Crippen LogP contribution in [0.1, 0.15) is 97.5 Å². The summed E-state index contributed by atoms with van der Waals surface area (Å²) < 4.78 is 1.96. The molecule has 4 heteroatoms. The van der Waals surface area contributed by atoms with Gasteiger partial charge >= 0.3 is 0 Å². The van der Waals surface area contributed by atoms with Crippen LogP contribution in [0.3, 0.4) is 0 Å². The first-order valence-corrected chi connectivity index (χ1v) is 13.9. The summed E-state index contributed by atoms with van der Waals surface area (Å²) in [6.07, 6.45) is 16.6. The zero-order valence-electron chi connectivity index (χ0n) is 21.3. The van der Waals surface area contributed by atoms with Crippen LogP contribution in [-0.2, 0) is 6.54 Å². The van der Waals surface area contributed by atoms with Gasteiger partial charge in [0, 0.05) is 12.7 Å². The maximum Gasteiger partial charge on any atom is 0.102 e. The second-order valence-corrected chi connectivity index (χ2v) is 13.0. The van der Waals surface area contributed by atoms with Crippen LogP contribution in [0, 0.1) is 63.6 Å². The van der Waals surface area contributed by atoms with Crippen molar-refractivity contribution < 1.29 is 5.11 Å². The fourth-order valence-electron chi connectivity index (χ4n) is 10.1. The van der Waals surface area contributed by atoms with Crippen molar-refractivity contribution in [1.29, 1.82) is 5.26 Å². The fraction of sp³-hybridized carbons (Fsp3) is 0.862. The predicted octanol–water partition coefficient (Wildman–Crippen LogP) is 6.44. The Morgan fingerprint density at radius 3 is 2.76 bits per heavy atom. The van der Waals surface area contributed by atoms with Gasteiger partial charge in [-0.05, 0) is 104 Å². The van der Waals surface area contributed by atoms with Crippen LogP contribution in [-0.4, -0.2) is 21.0 Å². The Balaban J connectivity index is 1.34. The first-order chi connectivity index (χ1) is 15.8. The Bertz CT molecular complexity index is 888. The van der Waals surface area contributed by atoms with E-state index in [1.165, 1.54) is 57.8 Å². The Kier molecular flexibility index (Phi) is 6.17. The molecule has 1 aromatic rings. The third-order valence-electron chi connectivity index (χ3n) is 11.4. The number of fused-ring (bicyclic) bond motifs is 5. The molecular weight excluding hydrogens is 406 g/mol. The molecule has 4 nitrogen and oxygen atoms in total. The summed E-state index contributed by atoms with van der Waals surface area (Å²) in [5, 5.41) is 25.3. The molecule has 0 aromatic carbocycles. The number of hydrogen-bond donors (Lipinski definition) is 1. The number of rotatable bonds is 5. The lowest BCUT2D eigenvalue weighted by molar-refractivity contribution is -0.176. The molecular formula is C29H45N3O. The van der Waals surface area contributed by atoms with Gasteiger partial charge in [0.15, 0.2) is 0 Å². The first kappa shape index (κ1) is 23.4. The Morgan fingerprint density at radius 2 is 2.03 bits per heavy atom. The normalized spacial score (nSPS) is 45.5. The van der Waals surface area contributed by atoms with E-state index in [1.807, 2.05) is 10.9 Å². The van der Waals surface area contributed by atoms with Crippen LogP contribution in [0.15, 0.2) is 12.4 Å². The minimum absolute atomic E-state index is 0.144. The van der Waals surface area contributed by atoms with E-state index in [1.54, 1.807) is 6.20 Å². The van der Waals surface area contributed by atoms with E-state index >= 15 is 0 Å². The Morgan fingerprint density at radius 1 is 1.21 bits per heavy atom. The van der Waals surface area contributed by atoms with E-state index in [0.29, 0.717) is 34.7 Å². The molecule has 0 bridgehead atoms. The summed E-state index contributed by atoms with van der Waals surface area (Å²) in [6, 6.07) is 2.20. The zero-order chi connectivity index (χ0) is 23.4. The van der Waals surface area contributed by atoms with Crippen LogP contribution >= 0.6 is 0 Å². The molecule has 0 saturated heterocycles. The molecule has 0 aliphatic heterocycles. The molecule has 182 valence electrons. The second kappa shape index (κ2) is 8.71. The third kappa shape index (κ3) is 3.78. The predicted molar refractivity (Wildman–Crippen MR) is 131 cm³/mol. The molecule has 1 aromatic heterocycles. The van der Waals surface area contributed by atoms with Crippen LogP contribution in [0.5, 0.6) is 0 Å². The highest BCUT2D eigenvalue weighted by Gasteiger charge is 2.63. The Labute approximate surface area is 201 Å². The highest BCUT2D eigenvalue weighted by molar-refractivity contribution is 5.21. The second-order valence-electron chi connectivity index (χ2n) is 13.0. The van der Waals surface area contributed by atoms with Crippen LogP contribution in [0.4, 0.5) is 0 Å². The zero-order valence-corrected chi connectivity index (χ0v) is 21.3. The van der Waals surface area contributed by atoms with Crippen molar-refractivity contribution in [1.82, 2.24) is 9.78 Å². The van der Waals surface area contributed by atoms with Gasteiger partial charge in [-0.25, -0.2) is 0 Å². The van der Waals surface area contributed by atoms with E-state index in [0.717, 1.165) is 30.7 Å². The van der Waals surface area contributed by atoms with Crippen LogP contribution < -0.4 is 0 Å². The number of nitrogens with zero attached hydrogens (tertiary/aromatic N) is 3. The number of hydrogen-bond acceptors (Lipinski definition) is 3. The number of aromatic nitrogens is 2. The Hall–Kier alpha value is -1.34. The molecule has 4 fully saturated rings. The lowest BCUT2D eigenvalue weighted by Gasteiger charge is -2.63. The van der Waals surface area contributed by atoms with Crippen LogP contribution in [0.2, 0.25) is 0 Å². The molecule has 4 aliphatic carbocycles. The smallest absolute Gasteiger partial charge is 0.102 e. The third-order valence-corrected chi connectivity index (χ3v) is 11.4. The van der Waals surface area contributed by atoms with E-state index < -0.39 is 0 Å². The molecule has 5 rings (SSSR count). The quantitative estimate of drug-likeness (QED) is 0.560. The fourth-order valence-corrected chi connectivity index (χ4v) is 10.1. The van der Waals surface area contributed by atoms with Crippen molar-refractivity contribution in [2.24, 2.45) is 52.3 Å².